The summed E-state index contributed by atoms with van der Waals surface area (Å²) in [6.45, 7) is 0.406. The fraction of sp³-hybridized carbons (Fsp3) is 0.103. The summed E-state index contributed by atoms with van der Waals surface area (Å²) in [4.78, 5) is 13.3. The molecule has 7 N–H and O–H groups in total. The number of nitrogens with one attached hydrogen (secondary N) is 3. The molecule has 0 fully saturated rings. The summed E-state index contributed by atoms with van der Waals surface area (Å²) in [5, 5.41) is 19.1. The number of amidine groups is 1. The zero-order valence-corrected chi connectivity index (χ0v) is 21.8. The summed E-state index contributed by atoms with van der Waals surface area (Å²) >= 11 is 0. The summed E-state index contributed by atoms with van der Waals surface area (Å²) in [5.74, 6) is -0.418. The maximum Gasteiger partial charge on any atom is 0.249 e. The number of carbonyl (C=O) groups is 1. The van der Waals surface area contributed by atoms with Gasteiger partial charge >= 0.3 is 0 Å². The number of sulfonamides is 1. The average Bonchev–Trinajstić information content (AvgIpc) is 2.93. The normalized spacial score (nSPS) is 11.9. The molecule has 39 heavy (non-hydrogen) atoms. The fourth-order valence-corrected chi connectivity index (χ4v) is 4.71. The van der Waals surface area contributed by atoms with Crippen LogP contribution in [0.2, 0.25) is 0 Å². The number of carbonyl (C=O) groups excluding carboxylic acids is 1. The van der Waals surface area contributed by atoms with Gasteiger partial charge in [-0.05, 0) is 41.5 Å². The Balaban J connectivity index is 1.50. The molecule has 0 bridgehead atoms. The van der Waals surface area contributed by atoms with Gasteiger partial charge in [-0.1, -0.05) is 72.8 Å². The van der Waals surface area contributed by atoms with Crippen LogP contribution in [0.5, 0.6) is 0 Å². The van der Waals surface area contributed by atoms with E-state index in [1.165, 1.54) is 6.07 Å². The van der Waals surface area contributed by atoms with Gasteiger partial charge < -0.3 is 21.1 Å². The summed E-state index contributed by atoms with van der Waals surface area (Å²) in [7, 11) is -3.90. The van der Waals surface area contributed by atoms with Gasteiger partial charge in [0.15, 0.2) is 0 Å². The van der Waals surface area contributed by atoms with Crippen LogP contribution in [0.25, 0.3) is 11.1 Å². The van der Waals surface area contributed by atoms with Crippen molar-refractivity contribution in [2.75, 3.05) is 17.2 Å². The Bertz CT molecular complexity index is 1560. The summed E-state index contributed by atoms with van der Waals surface area (Å²) < 4.78 is 29.8. The minimum Gasteiger partial charge on any atom is -0.384 e. The summed E-state index contributed by atoms with van der Waals surface area (Å²) in [6, 6.07) is 29.1. The van der Waals surface area contributed by atoms with Gasteiger partial charge in [0.2, 0.25) is 15.9 Å². The molecule has 0 aliphatic heterocycles. The van der Waals surface area contributed by atoms with Crippen molar-refractivity contribution in [3.63, 3.8) is 0 Å². The maximum atomic E-state index is 13.3. The largest absolute Gasteiger partial charge is 0.384 e. The first-order valence-corrected chi connectivity index (χ1v) is 13.6. The van der Waals surface area contributed by atoms with Crippen molar-refractivity contribution in [2.45, 2.75) is 17.5 Å². The number of hydrogen-bond donors (Lipinski definition) is 5. The van der Waals surface area contributed by atoms with Crippen LogP contribution in [0, 0.1) is 5.41 Å². The molecule has 0 heterocycles. The van der Waals surface area contributed by atoms with E-state index >= 15 is 0 Å². The topological polar surface area (TPSA) is 160 Å². The van der Waals surface area contributed by atoms with Crippen molar-refractivity contribution >= 4 is 33.1 Å². The summed E-state index contributed by atoms with van der Waals surface area (Å²) in [6.07, 6.45) is 0. The number of benzene rings is 4. The van der Waals surface area contributed by atoms with Crippen molar-refractivity contribution in [2.24, 2.45) is 10.9 Å². The van der Waals surface area contributed by atoms with Crippen molar-refractivity contribution in [1.82, 2.24) is 0 Å². The molecule has 0 aliphatic carbocycles. The van der Waals surface area contributed by atoms with Crippen LogP contribution in [-0.4, -0.2) is 32.8 Å². The minimum atomic E-state index is -3.90. The number of nitrogen functional groups attached to an aromatic ring is 1. The molecule has 4 rings (SSSR count). The molecule has 200 valence electrons. The molecule has 4 aromatic rings. The van der Waals surface area contributed by atoms with E-state index in [-0.39, 0.29) is 23.2 Å². The molecule has 1 amide bonds. The van der Waals surface area contributed by atoms with Gasteiger partial charge in [0.1, 0.15) is 11.9 Å². The Morgan fingerprint density at radius 1 is 0.872 bits per heavy atom. The lowest BCUT2D eigenvalue weighted by Gasteiger charge is -2.20. The first kappa shape index (κ1) is 27.5. The molecule has 0 saturated carbocycles. The van der Waals surface area contributed by atoms with E-state index in [4.69, 9.17) is 21.0 Å². The molecular weight excluding hydrogens is 514 g/mol. The van der Waals surface area contributed by atoms with Crippen molar-refractivity contribution < 1.29 is 17.9 Å². The van der Waals surface area contributed by atoms with Crippen LogP contribution in [0.4, 0.5) is 11.4 Å². The van der Waals surface area contributed by atoms with Crippen LogP contribution < -0.4 is 21.5 Å². The Hall–Kier alpha value is -4.51. The third kappa shape index (κ3) is 7.51. The highest BCUT2D eigenvalue weighted by molar-refractivity contribution is 7.89. The fourth-order valence-electron chi connectivity index (χ4n) is 3.95. The minimum absolute atomic E-state index is 0.0226. The standard InChI is InChI=1S/C29H29N5O4S/c30-28(31)22-9-6-10-24(17-22)33-26(19-38-18-20-7-2-1-3-8-20)29(35)34-23-15-13-21(14-16-23)25-11-4-5-12-27(25)39(32,36)37/h1-17,26,33H,18-19H2,(H3,30,31)(H,34,35)(H2,32,36,37). The van der Waals surface area contributed by atoms with Gasteiger partial charge in [0.05, 0.1) is 18.1 Å². The Labute approximate surface area is 227 Å². The number of anilines is 2. The molecule has 10 heteroatoms. The number of amides is 1. The SMILES string of the molecule is N=C(N)c1cccc(NC(COCc2ccccc2)C(=O)Nc2ccc(-c3ccccc3S(N)(=O)=O)cc2)c1. The second-order valence-electron chi connectivity index (χ2n) is 8.80. The molecule has 9 nitrogen and oxygen atoms in total. The van der Waals surface area contributed by atoms with Crippen LogP contribution >= 0.6 is 0 Å². The van der Waals surface area contributed by atoms with E-state index < -0.39 is 16.1 Å². The Kier molecular flexibility index (Phi) is 8.72. The average molecular weight is 544 g/mol. The highest BCUT2D eigenvalue weighted by Crippen LogP contribution is 2.27. The van der Waals surface area contributed by atoms with E-state index in [0.717, 1.165) is 5.56 Å². The molecule has 0 radical (unpaired) electrons. The van der Waals surface area contributed by atoms with Crippen molar-refractivity contribution in [1.29, 1.82) is 5.41 Å². The van der Waals surface area contributed by atoms with E-state index in [0.29, 0.717) is 34.7 Å². The predicted molar refractivity (Wildman–Crippen MR) is 153 cm³/mol. The number of ether oxygens (including phenoxy) is 1. The van der Waals surface area contributed by atoms with E-state index in [1.54, 1.807) is 66.7 Å². The number of hydrogen-bond acceptors (Lipinski definition) is 6. The van der Waals surface area contributed by atoms with Gasteiger partial charge in [-0.2, -0.15) is 0 Å². The van der Waals surface area contributed by atoms with Gasteiger partial charge in [-0.15, -0.1) is 0 Å². The third-order valence-electron chi connectivity index (χ3n) is 5.88. The molecule has 0 aromatic heterocycles. The zero-order valence-electron chi connectivity index (χ0n) is 21.0. The van der Waals surface area contributed by atoms with E-state index in [1.807, 2.05) is 30.3 Å². The van der Waals surface area contributed by atoms with Crippen LogP contribution in [0.15, 0.2) is 108 Å². The molecular formula is C29H29N5O4S. The molecule has 4 aromatic carbocycles. The van der Waals surface area contributed by atoms with Gasteiger partial charge in [-0.25, -0.2) is 13.6 Å². The molecule has 0 aliphatic rings. The third-order valence-corrected chi connectivity index (χ3v) is 6.85. The molecule has 1 unspecified atom stereocenters. The van der Waals surface area contributed by atoms with E-state index in [2.05, 4.69) is 10.6 Å². The highest BCUT2D eigenvalue weighted by Gasteiger charge is 2.20. The second kappa shape index (κ2) is 12.4. The van der Waals surface area contributed by atoms with Crippen LogP contribution in [0.1, 0.15) is 11.1 Å². The number of nitrogens with two attached hydrogens (primary N) is 2. The van der Waals surface area contributed by atoms with Crippen molar-refractivity contribution in [3.8, 4) is 11.1 Å². The van der Waals surface area contributed by atoms with Crippen LogP contribution in [-0.2, 0) is 26.2 Å². The lowest BCUT2D eigenvalue weighted by Crippen LogP contribution is -2.38. The zero-order chi connectivity index (χ0) is 27.8. The number of rotatable bonds is 11. The smallest absolute Gasteiger partial charge is 0.249 e. The highest BCUT2D eigenvalue weighted by atomic mass is 32.2. The molecule has 0 saturated heterocycles. The molecule has 0 spiro atoms. The predicted octanol–water partition coefficient (Wildman–Crippen LogP) is 3.92. The first-order chi connectivity index (χ1) is 18.7. The Morgan fingerprint density at radius 3 is 2.26 bits per heavy atom. The lowest BCUT2D eigenvalue weighted by atomic mass is 10.1. The van der Waals surface area contributed by atoms with Crippen LogP contribution in [0.3, 0.4) is 0 Å². The van der Waals surface area contributed by atoms with E-state index in [9.17, 15) is 13.2 Å². The van der Waals surface area contributed by atoms with Gasteiger partial charge in [-0.3, -0.25) is 10.2 Å². The first-order valence-electron chi connectivity index (χ1n) is 12.1. The summed E-state index contributed by atoms with van der Waals surface area (Å²) in [5.41, 5.74) is 9.36. The monoisotopic (exact) mass is 543 g/mol. The second-order valence-corrected chi connectivity index (χ2v) is 10.3. The maximum absolute atomic E-state index is 13.3. The molecule has 1 atom stereocenters. The van der Waals surface area contributed by atoms with Crippen molar-refractivity contribution in [3.05, 3.63) is 114 Å². The van der Waals surface area contributed by atoms with Gasteiger partial charge in [0.25, 0.3) is 0 Å². The number of primary sulfonamides is 1. The Morgan fingerprint density at radius 2 is 1.56 bits per heavy atom. The van der Waals surface area contributed by atoms with Gasteiger partial charge in [0, 0.05) is 22.5 Å². The lowest BCUT2D eigenvalue weighted by molar-refractivity contribution is -0.118. The quantitative estimate of drug-likeness (QED) is 0.142.